The van der Waals surface area contributed by atoms with Gasteiger partial charge in [-0.15, -0.1) is 0 Å². The van der Waals surface area contributed by atoms with Crippen molar-refractivity contribution >= 4 is 15.9 Å². The smallest absolute Gasteiger partial charge is 0.127 e. The summed E-state index contributed by atoms with van der Waals surface area (Å²) in [7, 11) is 3.97. The quantitative estimate of drug-likeness (QED) is 0.927. The molecular weight excluding hydrogens is 283 g/mol. The summed E-state index contributed by atoms with van der Waals surface area (Å²) in [5, 5.41) is 0. The van der Waals surface area contributed by atoms with Crippen molar-refractivity contribution in [2.24, 2.45) is 5.73 Å². The zero-order valence-electron chi connectivity index (χ0n) is 10.8. The van der Waals surface area contributed by atoms with E-state index in [1.54, 1.807) is 6.07 Å². The summed E-state index contributed by atoms with van der Waals surface area (Å²) >= 11 is 3.25. The zero-order chi connectivity index (χ0) is 13.2. The predicted molar refractivity (Wildman–Crippen MR) is 73.5 cm³/mol. The monoisotopic (exact) mass is 302 g/mol. The summed E-state index contributed by atoms with van der Waals surface area (Å²) < 4.78 is 14.5. The summed E-state index contributed by atoms with van der Waals surface area (Å²) in [6.45, 7) is 4.13. The average Bonchev–Trinajstić information content (AvgIpc) is 2.21. The summed E-state index contributed by atoms with van der Waals surface area (Å²) in [5.74, 6) is -0.204. The van der Waals surface area contributed by atoms with E-state index in [1.165, 1.54) is 6.07 Å². The number of nitrogens with zero attached hydrogens (tertiary/aromatic N) is 1. The first-order valence-electron chi connectivity index (χ1n) is 5.62. The van der Waals surface area contributed by atoms with Gasteiger partial charge in [0.05, 0.1) is 0 Å². The maximum absolute atomic E-state index is 13.7. The molecule has 1 rings (SSSR count). The molecular formula is C13H20BrFN2. The minimum Gasteiger partial charge on any atom is -0.326 e. The first-order chi connectivity index (χ1) is 7.75. The van der Waals surface area contributed by atoms with E-state index in [-0.39, 0.29) is 17.4 Å². The molecule has 0 saturated carbocycles. The standard InChI is InChI=1S/C13H20BrFN2/c1-13(2,17(3)4)12(16)7-9-5-6-10(14)8-11(9)15/h5-6,8,12H,7,16H2,1-4H3. The van der Waals surface area contributed by atoms with Gasteiger partial charge in [0.15, 0.2) is 0 Å². The summed E-state index contributed by atoms with van der Waals surface area (Å²) in [6.07, 6.45) is 0.532. The Hall–Kier alpha value is -0.450. The normalized spacial score (nSPS) is 14.1. The Morgan fingerprint density at radius 3 is 2.47 bits per heavy atom. The Morgan fingerprint density at radius 1 is 1.41 bits per heavy atom. The summed E-state index contributed by atoms with van der Waals surface area (Å²) in [5.41, 5.74) is 6.67. The van der Waals surface area contributed by atoms with Gasteiger partial charge in [0, 0.05) is 16.1 Å². The number of rotatable bonds is 4. The van der Waals surface area contributed by atoms with E-state index in [0.717, 1.165) is 4.47 Å². The molecule has 0 aliphatic carbocycles. The summed E-state index contributed by atoms with van der Waals surface area (Å²) in [4.78, 5) is 2.06. The van der Waals surface area contributed by atoms with Crippen molar-refractivity contribution < 1.29 is 4.39 Å². The molecule has 1 aromatic rings. The van der Waals surface area contributed by atoms with Crippen LogP contribution >= 0.6 is 15.9 Å². The SMILES string of the molecule is CN(C)C(C)(C)C(N)Cc1ccc(Br)cc1F. The van der Waals surface area contributed by atoms with Crippen LogP contribution in [0.1, 0.15) is 19.4 Å². The Bertz CT molecular complexity index is 391. The van der Waals surface area contributed by atoms with Crippen molar-refractivity contribution in [2.75, 3.05) is 14.1 Å². The molecule has 0 aliphatic heterocycles. The highest BCUT2D eigenvalue weighted by atomic mass is 79.9. The van der Waals surface area contributed by atoms with Gasteiger partial charge >= 0.3 is 0 Å². The molecule has 4 heteroatoms. The third-order valence-electron chi connectivity index (χ3n) is 3.51. The van der Waals surface area contributed by atoms with E-state index in [2.05, 4.69) is 34.7 Å². The van der Waals surface area contributed by atoms with Gasteiger partial charge in [-0.3, -0.25) is 0 Å². The van der Waals surface area contributed by atoms with E-state index in [9.17, 15) is 4.39 Å². The lowest BCUT2D eigenvalue weighted by Crippen LogP contribution is -2.54. The zero-order valence-corrected chi connectivity index (χ0v) is 12.4. The molecule has 2 nitrogen and oxygen atoms in total. The molecule has 0 radical (unpaired) electrons. The fourth-order valence-corrected chi connectivity index (χ4v) is 1.84. The Labute approximate surface area is 111 Å². The third kappa shape index (κ3) is 3.50. The Balaban J connectivity index is 2.84. The topological polar surface area (TPSA) is 29.3 Å². The molecule has 0 aromatic heterocycles. The molecule has 0 spiro atoms. The minimum atomic E-state index is -0.204. The van der Waals surface area contributed by atoms with Crippen molar-refractivity contribution in [1.82, 2.24) is 4.90 Å². The lowest BCUT2D eigenvalue weighted by Gasteiger charge is -2.38. The minimum absolute atomic E-state index is 0.117. The van der Waals surface area contributed by atoms with Gasteiger partial charge in [0.25, 0.3) is 0 Å². The van der Waals surface area contributed by atoms with Crippen LogP contribution in [-0.2, 0) is 6.42 Å². The molecule has 0 aliphatic rings. The van der Waals surface area contributed by atoms with Gasteiger partial charge in [0.1, 0.15) is 5.82 Å². The van der Waals surface area contributed by atoms with Crippen LogP contribution in [0.15, 0.2) is 22.7 Å². The van der Waals surface area contributed by atoms with Gasteiger partial charge in [0.2, 0.25) is 0 Å². The molecule has 0 fully saturated rings. The Kier molecular flexibility index (Phi) is 4.69. The number of halogens is 2. The lowest BCUT2D eigenvalue weighted by molar-refractivity contribution is 0.157. The number of benzene rings is 1. The fourth-order valence-electron chi connectivity index (χ4n) is 1.51. The lowest BCUT2D eigenvalue weighted by atomic mass is 9.89. The van der Waals surface area contributed by atoms with Gasteiger partial charge in [-0.25, -0.2) is 4.39 Å². The van der Waals surface area contributed by atoms with Crippen LogP contribution < -0.4 is 5.73 Å². The molecule has 0 amide bonds. The molecule has 17 heavy (non-hydrogen) atoms. The van der Waals surface area contributed by atoms with Crippen LogP contribution in [0.3, 0.4) is 0 Å². The number of hydrogen-bond donors (Lipinski definition) is 1. The highest BCUT2D eigenvalue weighted by Crippen LogP contribution is 2.21. The van der Waals surface area contributed by atoms with E-state index in [1.807, 2.05) is 20.2 Å². The highest BCUT2D eigenvalue weighted by Gasteiger charge is 2.29. The van der Waals surface area contributed by atoms with Gasteiger partial charge < -0.3 is 10.6 Å². The molecule has 1 aromatic carbocycles. The van der Waals surface area contributed by atoms with Crippen molar-refractivity contribution in [1.29, 1.82) is 0 Å². The van der Waals surface area contributed by atoms with E-state index < -0.39 is 0 Å². The fraction of sp³-hybridized carbons (Fsp3) is 0.538. The van der Waals surface area contributed by atoms with Gasteiger partial charge in [-0.05, 0) is 52.1 Å². The molecule has 1 unspecified atom stereocenters. The number of likely N-dealkylation sites (N-methyl/N-ethyl adjacent to an activating group) is 1. The second-order valence-electron chi connectivity index (χ2n) is 5.09. The third-order valence-corrected chi connectivity index (χ3v) is 4.01. The van der Waals surface area contributed by atoms with E-state index >= 15 is 0 Å². The van der Waals surface area contributed by atoms with Crippen molar-refractivity contribution in [3.63, 3.8) is 0 Å². The predicted octanol–water partition coefficient (Wildman–Crippen LogP) is 2.80. The van der Waals surface area contributed by atoms with Crippen LogP contribution in [0.2, 0.25) is 0 Å². The van der Waals surface area contributed by atoms with Crippen molar-refractivity contribution in [3.8, 4) is 0 Å². The maximum Gasteiger partial charge on any atom is 0.127 e. The first-order valence-corrected chi connectivity index (χ1v) is 6.41. The number of nitrogens with two attached hydrogens (primary N) is 1. The van der Waals surface area contributed by atoms with Crippen LogP contribution in [0, 0.1) is 5.82 Å². The van der Waals surface area contributed by atoms with Crippen LogP contribution in [0.25, 0.3) is 0 Å². The molecule has 0 heterocycles. The summed E-state index contributed by atoms with van der Waals surface area (Å²) in [6, 6.07) is 4.98. The van der Waals surface area contributed by atoms with E-state index in [0.29, 0.717) is 12.0 Å². The van der Waals surface area contributed by atoms with Crippen LogP contribution in [0.4, 0.5) is 4.39 Å². The second-order valence-corrected chi connectivity index (χ2v) is 6.01. The van der Waals surface area contributed by atoms with Crippen LogP contribution in [-0.4, -0.2) is 30.6 Å². The maximum atomic E-state index is 13.7. The molecule has 1 atom stereocenters. The van der Waals surface area contributed by atoms with Crippen molar-refractivity contribution in [2.45, 2.75) is 31.8 Å². The highest BCUT2D eigenvalue weighted by molar-refractivity contribution is 9.10. The average molecular weight is 303 g/mol. The van der Waals surface area contributed by atoms with Gasteiger partial charge in [-0.2, -0.15) is 0 Å². The first kappa shape index (κ1) is 14.6. The Morgan fingerprint density at radius 2 is 2.00 bits per heavy atom. The molecule has 0 saturated heterocycles. The van der Waals surface area contributed by atoms with E-state index in [4.69, 9.17) is 5.73 Å². The van der Waals surface area contributed by atoms with Crippen LogP contribution in [0.5, 0.6) is 0 Å². The molecule has 0 bridgehead atoms. The second kappa shape index (κ2) is 5.46. The molecule has 2 N–H and O–H groups in total. The van der Waals surface area contributed by atoms with Crippen molar-refractivity contribution in [3.05, 3.63) is 34.1 Å². The largest absolute Gasteiger partial charge is 0.326 e. The number of hydrogen-bond acceptors (Lipinski definition) is 2. The molecule has 96 valence electrons. The van der Waals surface area contributed by atoms with Gasteiger partial charge in [-0.1, -0.05) is 22.0 Å².